The Labute approximate surface area is 238 Å². The van der Waals surface area contributed by atoms with Crippen molar-refractivity contribution in [2.75, 3.05) is 16.6 Å². The number of carbonyl (C=O) groups is 1. The zero-order valence-corrected chi connectivity index (χ0v) is 23.8. The molecule has 4 rings (SSSR count). The van der Waals surface area contributed by atoms with Gasteiger partial charge in [0.2, 0.25) is 5.95 Å². The minimum Gasteiger partial charge on any atom is -0.481 e. The van der Waals surface area contributed by atoms with Gasteiger partial charge in [-0.2, -0.15) is 0 Å². The van der Waals surface area contributed by atoms with Crippen molar-refractivity contribution in [2.45, 2.75) is 43.9 Å². The van der Waals surface area contributed by atoms with Crippen molar-refractivity contribution in [1.82, 2.24) is 15.0 Å². The number of nitrogens with one attached hydrogen (secondary N) is 2. The van der Waals surface area contributed by atoms with E-state index in [0.717, 1.165) is 24.3 Å². The predicted molar refractivity (Wildman–Crippen MR) is 150 cm³/mol. The molecule has 0 aliphatic rings. The highest BCUT2D eigenvalue weighted by atomic mass is 32.2. The molecular weight excluding hydrogens is 579 g/mol. The Kier molecular flexibility index (Phi) is 8.63. The normalized spacial score (nSPS) is 11.9. The number of carboxylic acid groups (broad SMARTS) is 1. The summed E-state index contributed by atoms with van der Waals surface area (Å²) in [4.78, 5) is 23.3. The van der Waals surface area contributed by atoms with Gasteiger partial charge in [-0.3, -0.25) is 9.52 Å². The average molecular weight is 606 g/mol. The molecule has 216 valence electrons. The van der Waals surface area contributed by atoms with E-state index in [1.165, 1.54) is 29.7 Å². The molecule has 41 heavy (non-hydrogen) atoms. The fourth-order valence-electron chi connectivity index (χ4n) is 3.74. The molecule has 0 radical (unpaired) electrons. The lowest BCUT2D eigenvalue weighted by Crippen LogP contribution is -2.17. The molecule has 0 atom stereocenters. The van der Waals surface area contributed by atoms with Crippen LogP contribution >= 0.6 is 11.3 Å². The number of hydrogen-bond donors (Lipinski definition) is 3. The van der Waals surface area contributed by atoms with Crippen LogP contribution in [0.5, 0.6) is 0 Å². The van der Waals surface area contributed by atoms with Gasteiger partial charge in [0.05, 0.1) is 27.0 Å². The molecule has 2 aromatic carbocycles. The van der Waals surface area contributed by atoms with Crippen LogP contribution in [-0.2, 0) is 20.2 Å². The van der Waals surface area contributed by atoms with Crippen LogP contribution in [0.1, 0.15) is 38.6 Å². The Morgan fingerprint density at radius 1 is 1.02 bits per heavy atom. The van der Waals surface area contributed by atoms with Gasteiger partial charge in [0.25, 0.3) is 10.0 Å². The largest absolute Gasteiger partial charge is 0.481 e. The van der Waals surface area contributed by atoms with Crippen molar-refractivity contribution in [1.29, 1.82) is 0 Å². The summed E-state index contributed by atoms with van der Waals surface area (Å²) < 4.78 is 71.9. The molecule has 14 heteroatoms. The third-order valence-electron chi connectivity index (χ3n) is 5.69. The maximum atomic E-state index is 15.9. The SMILES string of the molecule is CC(C)(C)c1nc(-c2cccc(NS(=O)(=O)c3c(F)cccc3F)c2F)c(-c2ccnc(NCCCC(=O)O)n2)s1. The van der Waals surface area contributed by atoms with Crippen LogP contribution in [0.15, 0.2) is 53.6 Å². The zero-order chi connectivity index (χ0) is 29.9. The molecule has 2 heterocycles. The topological polar surface area (TPSA) is 134 Å². The van der Waals surface area contributed by atoms with Gasteiger partial charge in [-0.25, -0.2) is 36.5 Å². The summed E-state index contributed by atoms with van der Waals surface area (Å²) in [6.45, 7) is 6.11. The maximum Gasteiger partial charge on any atom is 0.303 e. The molecule has 0 fully saturated rings. The van der Waals surface area contributed by atoms with Crippen molar-refractivity contribution >= 4 is 39.0 Å². The van der Waals surface area contributed by atoms with Gasteiger partial charge in [0.15, 0.2) is 10.7 Å². The number of aliphatic carboxylic acids is 1. The lowest BCUT2D eigenvalue weighted by Gasteiger charge is -2.14. The third kappa shape index (κ3) is 6.82. The van der Waals surface area contributed by atoms with Crippen LogP contribution in [0.25, 0.3) is 21.8 Å². The quantitative estimate of drug-likeness (QED) is 0.186. The standard InChI is InChI=1S/C27H26F3N5O4S2/c1-27(2,3)25-34-22(23(40-25)19-12-14-32-26(33-19)31-13-6-11-20(36)37)15-7-4-10-18(21(15)30)35-41(38,39)24-16(28)8-5-9-17(24)29/h4-5,7-10,12,14,35H,6,11,13H2,1-3H3,(H,36,37)(H,31,32,33). The number of anilines is 2. The minimum atomic E-state index is -4.82. The molecule has 0 aliphatic carbocycles. The van der Waals surface area contributed by atoms with Crippen LogP contribution in [0, 0.1) is 17.5 Å². The molecule has 0 spiro atoms. The third-order valence-corrected chi connectivity index (χ3v) is 8.61. The number of thiazole rings is 1. The summed E-state index contributed by atoms with van der Waals surface area (Å²) in [5.41, 5.74) is -0.422. The van der Waals surface area contributed by atoms with Crippen molar-refractivity contribution in [3.63, 3.8) is 0 Å². The summed E-state index contributed by atoms with van der Waals surface area (Å²) in [7, 11) is -4.82. The summed E-state index contributed by atoms with van der Waals surface area (Å²) in [5.74, 6) is -4.32. The number of carboxylic acids is 1. The van der Waals surface area contributed by atoms with Crippen LogP contribution in [0.2, 0.25) is 0 Å². The van der Waals surface area contributed by atoms with Crippen molar-refractivity contribution in [3.8, 4) is 21.8 Å². The monoisotopic (exact) mass is 605 g/mol. The zero-order valence-electron chi connectivity index (χ0n) is 22.2. The number of halogens is 3. The second-order valence-electron chi connectivity index (χ2n) is 9.96. The molecule has 0 saturated carbocycles. The summed E-state index contributed by atoms with van der Waals surface area (Å²) in [5, 5.41) is 12.4. The first-order valence-corrected chi connectivity index (χ1v) is 14.6. The van der Waals surface area contributed by atoms with E-state index in [2.05, 4.69) is 20.3 Å². The van der Waals surface area contributed by atoms with E-state index in [1.807, 2.05) is 25.5 Å². The Morgan fingerprint density at radius 3 is 2.37 bits per heavy atom. The van der Waals surface area contributed by atoms with Gasteiger partial charge in [0, 0.05) is 30.1 Å². The summed E-state index contributed by atoms with van der Waals surface area (Å²) >= 11 is 1.27. The van der Waals surface area contributed by atoms with E-state index in [4.69, 9.17) is 5.11 Å². The minimum absolute atomic E-state index is 0.0243. The van der Waals surface area contributed by atoms with Gasteiger partial charge >= 0.3 is 5.97 Å². The average Bonchev–Trinajstić information content (AvgIpc) is 3.34. The number of hydrogen-bond acceptors (Lipinski definition) is 8. The Bertz CT molecular complexity index is 1690. The Balaban J connectivity index is 1.75. The second-order valence-corrected chi connectivity index (χ2v) is 12.6. The van der Waals surface area contributed by atoms with Gasteiger partial charge < -0.3 is 10.4 Å². The van der Waals surface area contributed by atoms with E-state index in [1.54, 1.807) is 6.07 Å². The first-order chi connectivity index (χ1) is 19.3. The van der Waals surface area contributed by atoms with Crippen LogP contribution in [0.3, 0.4) is 0 Å². The Morgan fingerprint density at radius 2 is 1.71 bits per heavy atom. The van der Waals surface area contributed by atoms with E-state index < -0.39 is 49.4 Å². The number of nitrogens with zero attached hydrogens (tertiary/aromatic N) is 3. The molecule has 9 nitrogen and oxygen atoms in total. The molecule has 2 aromatic heterocycles. The van der Waals surface area contributed by atoms with Gasteiger partial charge in [-0.1, -0.05) is 32.9 Å². The van der Waals surface area contributed by atoms with Crippen molar-refractivity contribution < 1.29 is 31.5 Å². The molecule has 0 unspecified atom stereocenters. The highest BCUT2D eigenvalue weighted by molar-refractivity contribution is 7.92. The van der Waals surface area contributed by atoms with Crippen molar-refractivity contribution in [3.05, 3.63) is 71.1 Å². The molecule has 0 amide bonds. The van der Waals surface area contributed by atoms with Gasteiger partial charge in [-0.15, -0.1) is 11.3 Å². The number of rotatable bonds is 10. The number of sulfonamides is 1. The smallest absolute Gasteiger partial charge is 0.303 e. The van der Waals surface area contributed by atoms with Gasteiger partial charge in [0.1, 0.15) is 11.6 Å². The van der Waals surface area contributed by atoms with E-state index in [-0.39, 0.29) is 23.6 Å². The number of benzene rings is 2. The molecule has 3 N–H and O–H groups in total. The predicted octanol–water partition coefficient (Wildman–Crippen LogP) is 6.06. The first-order valence-electron chi connectivity index (χ1n) is 12.3. The molecule has 0 saturated heterocycles. The summed E-state index contributed by atoms with van der Waals surface area (Å²) in [6, 6.07) is 8.14. The van der Waals surface area contributed by atoms with Gasteiger partial charge in [-0.05, 0) is 36.8 Å². The van der Waals surface area contributed by atoms with Crippen LogP contribution in [-0.4, -0.2) is 41.0 Å². The summed E-state index contributed by atoms with van der Waals surface area (Å²) in [6.07, 6.45) is 1.82. The fraction of sp³-hybridized carbons (Fsp3) is 0.259. The first kappa shape index (κ1) is 29.9. The highest BCUT2D eigenvalue weighted by Crippen LogP contribution is 2.42. The van der Waals surface area contributed by atoms with Crippen molar-refractivity contribution in [2.24, 2.45) is 0 Å². The maximum absolute atomic E-state index is 15.9. The highest BCUT2D eigenvalue weighted by Gasteiger charge is 2.28. The van der Waals surface area contributed by atoms with E-state index in [0.29, 0.717) is 28.5 Å². The Hall–Kier alpha value is -4.04. The lowest BCUT2D eigenvalue weighted by molar-refractivity contribution is -0.137. The van der Waals surface area contributed by atoms with E-state index in [9.17, 15) is 22.0 Å². The second kappa shape index (κ2) is 11.8. The number of aromatic nitrogens is 3. The molecule has 0 bridgehead atoms. The fourth-order valence-corrected chi connectivity index (χ4v) is 6.04. The molecular formula is C27H26F3N5O4S2. The lowest BCUT2D eigenvalue weighted by atomic mass is 9.98. The molecule has 0 aliphatic heterocycles. The van der Waals surface area contributed by atoms with Crippen LogP contribution < -0.4 is 10.0 Å². The molecule has 4 aromatic rings. The van der Waals surface area contributed by atoms with E-state index >= 15 is 4.39 Å². The van der Waals surface area contributed by atoms with Crippen LogP contribution in [0.4, 0.5) is 24.8 Å².